The molecular formula is C16H28N4O2. The summed E-state index contributed by atoms with van der Waals surface area (Å²) in [5.41, 5.74) is 6.54. The molecule has 1 aromatic heterocycles. The highest BCUT2D eigenvalue weighted by molar-refractivity contribution is 5.91. The molecule has 1 saturated heterocycles. The molecule has 2 atom stereocenters. The summed E-state index contributed by atoms with van der Waals surface area (Å²) in [5, 5.41) is 6.79. The van der Waals surface area contributed by atoms with E-state index >= 15 is 0 Å². The minimum absolute atomic E-state index is 0.0677. The van der Waals surface area contributed by atoms with Gasteiger partial charge in [-0.25, -0.2) is 0 Å². The van der Waals surface area contributed by atoms with Crippen molar-refractivity contribution >= 4 is 11.8 Å². The summed E-state index contributed by atoms with van der Waals surface area (Å²) in [6, 6.07) is 1.79. The molecule has 0 saturated carbocycles. The molecule has 1 aliphatic rings. The van der Waals surface area contributed by atoms with Gasteiger partial charge in [-0.1, -0.05) is 32.9 Å². The first-order valence-electron chi connectivity index (χ1n) is 7.99. The molecular weight excluding hydrogens is 280 g/mol. The normalized spacial score (nSPS) is 23.5. The van der Waals surface area contributed by atoms with Crippen LogP contribution in [0.15, 0.2) is 10.6 Å². The lowest BCUT2D eigenvalue weighted by Crippen LogP contribution is -2.45. The standard InChI is InChI=1S/C16H28N4O2/c1-11-5-6-20(9-12(11)8-17)10-14(21)18-15-7-13(19-22-15)16(2,3)4/h7,11-12H,5-6,8-10,17H2,1-4H3,(H,18,21). The number of hydrogen-bond acceptors (Lipinski definition) is 5. The zero-order valence-corrected chi connectivity index (χ0v) is 14.1. The Morgan fingerprint density at radius 3 is 2.86 bits per heavy atom. The average molecular weight is 308 g/mol. The van der Waals surface area contributed by atoms with Crippen LogP contribution in [0.25, 0.3) is 0 Å². The Bertz CT molecular complexity index is 506. The van der Waals surface area contributed by atoms with E-state index in [9.17, 15) is 4.79 Å². The van der Waals surface area contributed by atoms with Crippen molar-refractivity contribution in [2.45, 2.75) is 39.5 Å². The fourth-order valence-corrected chi connectivity index (χ4v) is 2.74. The van der Waals surface area contributed by atoms with E-state index in [-0.39, 0.29) is 11.3 Å². The number of hydrogen-bond donors (Lipinski definition) is 2. The molecule has 2 rings (SSSR count). The Kier molecular flexibility index (Phi) is 5.24. The van der Waals surface area contributed by atoms with Crippen LogP contribution in [-0.2, 0) is 10.2 Å². The predicted octanol–water partition coefficient (Wildman–Crippen LogP) is 1.83. The van der Waals surface area contributed by atoms with Crippen molar-refractivity contribution in [3.05, 3.63) is 11.8 Å². The number of likely N-dealkylation sites (tertiary alicyclic amines) is 1. The van der Waals surface area contributed by atoms with E-state index in [4.69, 9.17) is 10.3 Å². The van der Waals surface area contributed by atoms with E-state index in [0.29, 0.717) is 30.8 Å². The van der Waals surface area contributed by atoms with Crippen molar-refractivity contribution < 1.29 is 9.32 Å². The van der Waals surface area contributed by atoms with Crippen molar-refractivity contribution in [3.63, 3.8) is 0 Å². The second kappa shape index (κ2) is 6.79. The molecule has 0 radical (unpaired) electrons. The van der Waals surface area contributed by atoms with Crippen LogP contribution in [0.1, 0.15) is 39.8 Å². The molecule has 22 heavy (non-hydrogen) atoms. The van der Waals surface area contributed by atoms with Gasteiger partial charge < -0.3 is 10.3 Å². The Hall–Kier alpha value is -1.40. The first-order valence-corrected chi connectivity index (χ1v) is 7.99. The first-order chi connectivity index (χ1) is 10.3. The summed E-state index contributed by atoms with van der Waals surface area (Å²) in [6.45, 7) is 11.3. The van der Waals surface area contributed by atoms with Crippen molar-refractivity contribution in [2.75, 3.05) is 31.5 Å². The third-order valence-corrected chi connectivity index (χ3v) is 4.41. The summed E-state index contributed by atoms with van der Waals surface area (Å²) >= 11 is 0. The lowest BCUT2D eigenvalue weighted by Gasteiger charge is -2.35. The van der Waals surface area contributed by atoms with Crippen LogP contribution in [0.2, 0.25) is 0 Å². The van der Waals surface area contributed by atoms with E-state index < -0.39 is 0 Å². The number of nitrogens with zero attached hydrogens (tertiary/aromatic N) is 2. The molecule has 3 N–H and O–H groups in total. The zero-order chi connectivity index (χ0) is 16.3. The third-order valence-electron chi connectivity index (χ3n) is 4.41. The highest BCUT2D eigenvalue weighted by Crippen LogP contribution is 2.24. The molecule has 1 fully saturated rings. The summed E-state index contributed by atoms with van der Waals surface area (Å²) in [4.78, 5) is 14.3. The van der Waals surface area contributed by atoms with E-state index in [1.54, 1.807) is 6.07 Å². The van der Waals surface area contributed by atoms with Crippen LogP contribution in [-0.4, -0.2) is 42.1 Å². The number of aromatic nitrogens is 1. The number of nitrogens with one attached hydrogen (secondary N) is 1. The molecule has 0 spiro atoms. The summed E-state index contributed by atoms with van der Waals surface area (Å²) in [7, 11) is 0. The molecule has 0 bridgehead atoms. The predicted molar refractivity (Wildman–Crippen MR) is 86.6 cm³/mol. The maximum absolute atomic E-state index is 12.1. The van der Waals surface area contributed by atoms with Crippen LogP contribution >= 0.6 is 0 Å². The van der Waals surface area contributed by atoms with E-state index in [0.717, 1.165) is 25.2 Å². The van der Waals surface area contributed by atoms with Crippen LogP contribution < -0.4 is 11.1 Å². The van der Waals surface area contributed by atoms with Gasteiger partial charge in [0.05, 0.1) is 12.2 Å². The topological polar surface area (TPSA) is 84.4 Å². The van der Waals surface area contributed by atoms with Gasteiger partial charge in [-0.15, -0.1) is 0 Å². The van der Waals surface area contributed by atoms with Gasteiger partial charge in [0.15, 0.2) is 0 Å². The SMILES string of the molecule is CC1CCN(CC(=O)Nc2cc(C(C)(C)C)no2)CC1CN. The smallest absolute Gasteiger partial charge is 0.240 e. The lowest BCUT2D eigenvalue weighted by molar-refractivity contribution is -0.118. The van der Waals surface area contributed by atoms with Gasteiger partial charge in [-0.2, -0.15) is 0 Å². The Labute approximate surface area is 132 Å². The fourth-order valence-electron chi connectivity index (χ4n) is 2.74. The van der Waals surface area contributed by atoms with Gasteiger partial charge in [-0.05, 0) is 31.3 Å². The first kappa shape index (κ1) is 17.0. The summed E-state index contributed by atoms with van der Waals surface area (Å²) < 4.78 is 5.19. The Balaban J connectivity index is 1.87. The van der Waals surface area contributed by atoms with Crippen LogP contribution in [0, 0.1) is 11.8 Å². The number of piperidine rings is 1. The van der Waals surface area contributed by atoms with Crippen molar-refractivity contribution in [2.24, 2.45) is 17.6 Å². The van der Waals surface area contributed by atoms with Gasteiger partial charge in [-0.3, -0.25) is 15.0 Å². The fraction of sp³-hybridized carbons (Fsp3) is 0.750. The van der Waals surface area contributed by atoms with Crippen LogP contribution in [0.5, 0.6) is 0 Å². The van der Waals surface area contributed by atoms with Gasteiger partial charge in [0.1, 0.15) is 0 Å². The van der Waals surface area contributed by atoms with Crippen LogP contribution in [0.3, 0.4) is 0 Å². The van der Waals surface area contributed by atoms with Gasteiger partial charge in [0.25, 0.3) is 0 Å². The Morgan fingerprint density at radius 1 is 1.55 bits per heavy atom. The largest absolute Gasteiger partial charge is 0.338 e. The second-order valence-electron chi connectivity index (χ2n) is 7.37. The zero-order valence-electron chi connectivity index (χ0n) is 14.1. The maximum Gasteiger partial charge on any atom is 0.240 e. The number of carbonyl (C=O) groups is 1. The summed E-state index contributed by atoms with van der Waals surface area (Å²) in [5.74, 6) is 1.45. The van der Waals surface area contributed by atoms with Crippen LogP contribution in [0.4, 0.5) is 5.88 Å². The van der Waals surface area contributed by atoms with Crippen molar-refractivity contribution in [3.8, 4) is 0 Å². The minimum Gasteiger partial charge on any atom is -0.338 e. The van der Waals surface area contributed by atoms with Gasteiger partial charge in [0.2, 0.25) is 11.8 Å². The molecule has 6 heteroatoms. The molecule has 1 aliphatic heterocycles. The Morgan fingerprint density at radius 2 is 2.27 bits per heavy atom. The lowest BCUT2D eigenvalue weighted by atomic mass is 9.87. The molecule has 1 aromatic rings. The second-order valence-corrected chi connectivity index (χ2v) is 7.37. The molecule has 0 aliphatic carbocycles. The molecule has 2 unspecified atom stereocenters. The number of amides is 1. The minimum atomic E-state index is -0.0934. The van der Waals surface area contributed by atoms with Gasteiger partial charge >= 0.3 is 0 Å². The number of anilines is 1. The highest BCUT2D eigenvalue weighted by atomic mass is 16.5. The molecule has 0 aromatic carbocycles. The van der Waals surface area contributed by atoms with Crippen molar-refractivity contribution in [1.29, 1.82) is 0 Å². The molecule has 2 heterocycles. The number of nitrogens with two attached hydrogens (primary N) is 1. The van der Waals surface area contributed by atoms with Gasteiger partial charge in [0, 0.05) is 18.0 Å². The van der Waals surface area contributed by atoms with Crippen molar-refractivity contribution in [1.82, 2.24) is 10.1 Å². The summed E-state index contributed by atoms with van der Waals surface area (Å²) in [6.07, 6.45) is 1.09. The average Bonchev–Trinajstić information content (AvgIpc) is 2.89. The quantitative estimate of drug-likeness (QED) is 0.886. The van der Waals surface area contributed by atoms with E-state index in [2.05, 4.69) is 43.1 Å². The number of carbonyl (C=O) groups excluding carboxylic acids is 1. The molecule has 6 nitrogen and oxygen atoms in total. The maximum atomic E-state index is 12.1. The number of rotatable bonds is 4. The highest BCUT2D eigenvalue weighted by Gasteiger charge is 2.26. The monoisotopic (exact) mass is 308 g/mol. The molecule has 124 valence electrons. The van der Waals surface area contributed by atoms with E-state index in [1.807, 2.05) is 0 Å². The van der Waals surface area contributed by atoms with E-state index in [1.165, 1.54) is 0 Å². The molecule has 1 amide bonds. The third kappa shape index (κ3) is 4.30.